The third-order valence-corrected chi connectivity index (χ3v) is 6.46. The summed E-state index contributed by atoms with van der Waals surface area (Å²) in [6.45, 7) is 3.82. The zero-order valence-corrected chi connectivity index (χ0v) is 17.0. The fourth-order valence-corrected chi connectivity index (χ4v) is 4.94. The molecule has 2 atom stereocenters. The number of piperidine rings is 1. The monoisotopic (exact) mass is 389 g/mol. The predicted molar refractivity (Wildman–Crippen MR) is 110 cm³/mol. The van der Waals surface area contributed by atoms with E-state index in [0.717, 1.165) is 45.2 Å². The van der Waals surface area contributed by atoms with Crippen LogP contribution in [0.3, 0.4) is 0 Å². The molecule has 2 fully saturated rings. The number of nitrogens with one attached hydrogen (secondary N) is 2. The van der Waals surface area contributed by atoms with Gasteiger partial charge in [0.25, 0.3) is 0 Å². The minimum absolute atomic E-state index is 0.0823. The Morgan fingerprint density at radius 1 is 1.22 bits per heavy atom. The molecule has 6 heteroatoms. The van der Waals surface area contributed by atoms with Crippen molar-refractivity contribution in [1.29, 1.82) is 0 Å². The molecule has 0 bridgehead atoms. The molecule has 0 aliphatic carbocycles. The van der Waals surface area contributed by atoms with Gasteiger partial charge in [0.1, 0.15) is 5.50 Å². The lowest BCUT2D eigenvalue weighted by atomic mass is 9.90. The third-order valence-electron chi connectivity index (χ3n) is 5.46. The summed E-state index contributed by atoms with van der Waals surface area (Å²) < 4.78 is 0. The molecule has 0 saturated carbocycles. The summed E-state index contributed by atoms with van der Waals surface area (Å²) in [5, 5.41) is 6.38. The fourth-order valence-electron chi connectivity index (χ4n) is 3.95. The lowest BCUT2D eigenvalue weighted by Crippen LogP contribution is -2.55. The quantitative estimate of drug-likeness (QED) is 0.753. The average Bonchev–Trinajstić information content (AvgIpc) is 2.67. The van der Waals surface area contributed by atoms with E-state index in [4.69, 9.17) is 0 Å². The maximum absolute atomic E-state index is 12.6. The Labute approximate surface area is 166 Å². The molecule has 1 aromatic carbocycles. The Balaban J connectivity index is 1.38. The van der Waals surface area contributed by atoms with Crippen LogP contribution in [-0.2, 0) is 16.0 Å². The van der Waals surface area contributed by atoms with Crippen molar-refractivity contribution in [3.63, 3.8) is 0 Å². The zero-order chi connectivity index (χ0) is 19.1. The molecule has 2 aliphatic rings. The second kappa shape index (κ2) is 10.1. The Hall–Kier alpha value is -1.53. The smallest absolute Gasteiger partial charge is 0.232 e. The first-order valence-corrected chi connectivity index (χ1v) is 11.2. The summed E-state index contributed by atoms with van der Waals surface area (Å²) in [5.74, 6) is 1.35. The Kier molecular flexibility index (Phi) is 7.59. The summed E-state index contributed by atoms with van der Waals surface area (Å²) in [6.07, 6.45) is 5.83. The predicted octanol–water partition coefficient (Wildman–Crippen LogP) is 2.76. The second-order valence-electron chi connectivity index (χ2n) is 7.63. The standard InChI is InChI=1S/C21H31N3O2S/c1-2-6-18-14-19(25)23-21(22-18)27-15-20(26)24-11-9-17(10-12-24)13-16-7-4-3-5-8-16/h3-5,7-8,17-18,21-22H,2,6,9-15H2,1H3,(H,23,25). The van der Waals surface area contributed by atoms with Crippen LogP contribution in [0.15, 0.2) is 30.3 Å². The van der Waals surface area contributed by atoms with E-state index in [1.165, 1.54) is 17.3 Å². The fraction of sp³-hybridized carbons (Fsp3) is 0.619. The van der Waals surface area contributed by atoms with E-state index in [0.29, 0.717) is 18.1 Å². The summed E-state index contributed by atoms with van der Waals surface area (Å²) >= 11 is 1.50. The molecular weight excluding hydrogens is 358 g/mol. The van der Waals surface area contributed by atoms with Crippen LogP contribution < -0.4 is 10.6 Å². The van der Waals surface area contributed by atoms with Crippen LogP contribution in [-0.4, -0.2) is 47.1 Å². The Morgan fingerprint density at radius 3 is 2.67 bits per heavy atom. The zero-order valence-electron chi connectivity index (χ0n) is 16.2. The van der Waals surface area contributed by atoms with Crippen molar-refractivity contribution < 1.29 is 9.59 Å². The average molecular weight is 390 g/mol. The van der Waals surface area contributed by atoms with E-state index < -0.39 is 0 Å². The van der Waals surface area contributed by atoms with Crippen molar-refractivity contribution in [1.82, 2.24) is 15.5 Å². The molecule has 0 radical (unpaired) electrons. The molecule has 0 spiro atoms. The number of carbonyl (C=O) groups excluding carboxylic acids is 2. The number of hydrogen-bond acceptors (Lipinski definition) is 4. The van der Waals surface area contributed by atoms with Gasteiger partial charge in [0.2, 0.25) is 11.8 Å². The maximum atomic E-state index is 12.6. The molecule has 2 heterocycles. The van der Waals surface area contributed by atoms with Gasteiger partial charge in [0, 0.05) is 25.6 Å². The number of nitrogens with zero attached hydrogens (tertiary/aromatic N) is 1. The first-order valence-electron chi connectivity index (χ1n) is 10.1. The first-order chi connectivity index (χ1) is 13.1. The van der Waals surface area contributed by atoms with Gasteiger partial charge in [-0.25, -0.2) is 0 Å². The number of benzene rings is 1. The van der Waals surface area contributed by atoms with E-state index in [9.17, 15) is 9.59 Å². The molecule has 2 amide bonds. The van der Waals surface area contributed by atoms with Gasteiger partial charge in [-0.2, -0.15) is 0 Å². The van der Waals surface area contributed by atoms with Gasteiger partial charge in [0.15, 0.2) is 0 Å². The molecule has 148 valence electrons. The summed E-state index contributed by atoms with van der Waals surface area (Å²) in [6, 6.07) is 10.8. The van der Waals surface area contributed by atoms with E-state index in [1.807, 2.05) is 4.90 Å². The molecule has 0 aromatic heterocycles. The lowest BCUT2D eigenvalue weighted by molar-refractivity contribution is -0.129. The number of amides is 2. The molecule has 2 saturated heterocycles. The van der Waals surface area contributed by atoms with E-state index in [-0.39, 0.29) is 23.4 Å². The van der Waals surface area contributed by atoms with Crippen LogP contribution in [0.2, 0.25) is 0 Å². The van der Waals surface area contributed by atoms with E-state index in [1.54, 1.807) is 0 Å². The maximum Gasteiger partial charge on any atom is 0.232 e. The first kappa shape index (κ1) is 20.2. The highest BCUT2D eigenvalue weighted by atomic mass is 32.2. The van der Waals surface area contributed by atoms with Crippen molar-refractivity contribution >= 4 is 23.6 Å². The molecule has 2 unspecified atom stereocenters. The van der Waals surface area contributed by atoms with Crippen molar-refractivity contribution in [2.45, 2.75) is 57.0 Å². The van der Waals surface area contributed by atoms with Gasteiger partial charge in [-0.3, -0.25) is 14.9 Å². The molecule has 27 heavy (non-hydrogen) atoms. The number of thioether (sulfide) groups is 1. The van der Waals surface area contributed by atoms with Gasteiger partial charge in [-0.15, -0.1) is 11.8 Å². The normalized spacial score (nSPS) is 23.9. The van der Waals surface area contributed by atoms with Crippen LogP contribution in [0.5, 0.6) is 0 Å². The van der Waals surface area contributed by atoms with Crippen LogP contribution >= 0.6 is 11.8 Å². The molecule has 2 aliphatic heterocycles. The lowest BCUT2D eigenvalue weighted by Gasteiger charge is -2.34. The topological polar surface area (TPSA) is 61.4 Å². The Morgan fingerprint density at radius 2 is 1.96 bits per heavy atom. The highest BCUT2D eigenvalue weighted by Gasteiger charge is 2.27. The molecule has 3 rings (SSSR count). The summed E-state index contributed by atoms with van der Waals surface area (Å²) in [5.41, 5.74) is 1.24. The van der Waals surface area contributed by atoms with Crippen LogP contribution in [0.25, 0.3) is 0 Å². The number of carbonyl (C=O) groups is 2. The van der Waals surface area contributed by atoms with Gasteiger partial charge < -0.3 is 10.2 Å². The van der Waals surface area contributed by atoms with Crippen LogP contribution in [0.4, 0.5) is 0 Å². The minimum Gasteiger partial charge on any atom is -0.342 e. The van der Waals surface area contributed by atoms with Gasteiger partial charge >= 0.3 is 0 Å². The summed E-state index contributed by atoms with van der Waals surface area (Å²) in [7, 11) is 0. The van der Waals surface area contributed by atoms with Crippen molar-refractivity contribution in [3.05, 3.63) is 35.9 Å². The SMILES string of the molecule is CCCC1CC(=O)NC(SCC(=O)N2CCC(Cc3ccccc3)CC2)N1. The van der Waals surface area contributed by atoms with Gasteiger partial charge in [-0.05, 0) is 37.2 Å². The van der Waals surface area contributed by atoms with Crippen molar-refractivity contribution in [2.75, 3.05) is 18.8 Å². The summed E-state index contributed by atoms with van der Waals surface area (Å²) in [4.78, 5) is 26.4. The second-order valence-corrected chi connectivity index (χ2v) is 8.72. The highest BCUT2D eigenvalue weighted by Crippen LogP contribution is 2.23. The van der Waals surface area contributed by atoms with E-state index >= 15 is 0 Å². The third kappa shape index (κ3) is 6.25. The van der Waals surface area contributed by atoms with Crippen molar-refractivity contribution in [3.8, 4) is 0 Å². The van der Waals surface area contributed by atoms with E-state index in [2.05, 4.69) is 47.9 Å². The van der Waals surface area contributed by atoms with Crippen LogP contribution in [0.1, 0.15) is 44.6 Å². The van der Waals surface area contributed by atoms with Crippen LogP contribution in [0, 0.1) is 5.92 Å². The Bertz CT molecular complexity index is 617. The number of rotatable bonds is 7. The van der Waals surface area contributed by atoms with Gasteiger partial charge in [0.05, 0.1) is 5.75 Å². The number of hydrogen-bond donors (Lipinski definition) is 2. The molecule has 1 aromatic rings. The minimum atomic E-state index is -0.151. The largest absolute Gasteiger partial charge is 0.342 e. The molecule has 2 N–H and O–H groups in total. The highest BCUT2D eigenvalue weighted by molar-refractivity contribution is 8.00. The number of likely N-dealkylation sites (tertiary alicyclic amines) is 1. The van der Waals surface area contributed by atoms with Gasteiger partial charge in [-0.1, -0.05) is 43.7 Å². The van der Waals surface area contributed by atoms with Crippen molar-refractivity contribution in [2.24, 2.45) is 5.92 Å². The molecule has 5 nitrogen and oxygen atoms in total. The molecular formula is C21H31N3O2S.